The Hall–Kier alpha value is -3.88. The van der Waals surface area contributed by atoms with Crippen LogP contribution in [0.3, 0.4) is 0 Å². The van der Waals surface area contributed by atoms with Crippen molar-refractivity contribution in [3.8, 4) is 0 Å². The fourth-order valence-electron chi connectivity index (χ4n) is 3.84. The number of nitrogens with zero attached hydrogens (tertiary/aromatic N) is 2. The minimum Gasteiger partial charge on any atom is -0.459 e. The molecular weight excluding hydrogens is 450 g/mol. The van der Waals surface area contributed by atoms with Crippen molar-refractivity contribution in [3.05, 3.63) is 71.8 Å². The summed E-state index contributed by atoms with van der Waals surface area (Å²) in [7, 11) is 0. The number of likely N-dealkylation sites (N-methyl/N-ethyl adjacent to an activating group) is 1. The highest BCUT2D eigenvalue weighted by atomic mass is 16.5. The largest absolute Gasteiger partial charge is 0.459 e. The van der Waals surface area contributed by atoms with Crippen LogP contribution in [0.15, 0.2) is 60.7 Å². The molecule has 1 aliphatic rings. The Morgan fingerprint density at radius 1 is 0.943 bits per heavy atom. The highest BCUT2D eigenvalue weighted by Gasteiger charge is 2.36. The van der Waals surface area contributed by atoms with E-state index in [-0.39, 0.29) is 38.1 Å². The molecule has 1 unspecified atom stereocenters. The summed E-state index contributed by atoms with van der Waals surface area (Å²) in [6.45, 7) is 2.25. The van der Waals surface area contributed by atoms with Crippen molar-refractivity contribution < 1.29 is 28.7 Å². The molecule has 0 spiro atoms. The number of esters is 1. The van der Waals surface area contributed by atoms with Gasteiger partial charge in [-0.3, -0.25) is 14.4 Å². The van der Waals surface area contributed by atoms with Crippen LogP contribution in [0.25, 0.3) is 0 Å². The van der Waals surface area contributed by atoms with Crippen LogP contribution in [0.4, 0.5) is 4.79 Å². The Bertz CT molecular complexity index is 999. The fourth-order valence-corrected chi connectivity index (χ4v) is 3.84. The highest BCUT2D eigenvalue weighted by Crippen LogP contribution is 2.19. The molecule has 0 aliphatic carbocycles. The predicted molar refractivity (Wildman–Crippen MR) is 128 cm³/mol. The predicted octanol–water partition coefficient (Wildman–Crippen LogP) is 2.50. The standard InChI is InChI=1S/C26H31N3O6/c1-2-28(17-24(31)34-18-20-10-5-3-6-11-20)25(32)22-14-9-15-29(22)23(30)16-27-26(33)35-19-21-12-7-4-8-13-21/h3-8,10-13,22H,2,9,14-19H2,1H3,(H,27,33). The van der Waals surface area contributed by atoms with Crippen molar-refractivity contribution in [1.29, 1.82) is 0 Å². The Morgan fingerprint density at radius 3 is 2.14 bits per heavy atom. The van der Waals surface area contributed by atoms with Gasteiger partial charge in [0.2, 0.25) is 11.8 Å². The minimum atomic E-state index is -0.708. The maximum absolute atomic E-state index is 13.1. The van der Waals surface area contributed by atoms with Gasteiger partial charge in [0.15, 0.2) is 0 Å². The molecule has 1 atom stereocenters. The molecule has 3 rings (SSSR count). The van der Waals surface area contributed by atoms with Gasteiger partial charge in [-0.25, -0.2) is 4.79 Å². The molecular formula is C26H31N3O6. The molecule has 0 saturated carbocycles. The number of rotatable bonds is 10. The number of amides is 3. The summed E-state index contributed by atoms with van der Waals surface area (Å²) in [6, 6.07) is 17.8. The lowest BCUT2D eigenvalue weighted by Crippen LogP contribution is -2.51. The molecule has 1 aliphatic heterocycles. The quantitative estimate of drug-likeness (QED) is 0.523. The van der Waals surface area contributed by atoms with Gasteiger partial charge in [0.25, 0.3) is 0 Å². The summed E-state index contributed by atoms with van der Waals surface area (Å²) < 4.78 is 10.4. The highest BCUT2D eigenvalue weighted by molar-refractivity contribution is 5.91. The summed E-state index contributed by atoms with van der Waals surface area (Å²) in [6.07, 6.45) is 0.454. The molecule has 2 aromatic rings. The first-order valence-corrected chi connectivity index (χ1v) is 11.7. The molecule has 1 fully saturated rings. The number of ether oxygens (including phenoxy) is 2. The van der Waals surface area contributed by atoms with Gasteiger partial charge in [-0.05, 0) is 30.9 Å². The van der Waals surface area contributed by atoms with Gasteiger partial charge in [0, 0.05) is 13.1 Å². The maximum Gasteiger partial charge on any atom is 0.407 e. The number of carbonyl (C=O) groups is 4. The maximum atomic E-state index is 13.1. The van der Waals surface area contributed by atoms with Crippen molar-refractivity contribution in [3.63, 3.8) is 0 Å². The minimum absolute atomic E-state index is 0.0948. The van der Waals surface area contributed by atoms with E-state index < -0.39 is 18.1 Å². The van der Waals surface area contributed by atoms with E-state index in [2.05, 4.69) is 5.32 Å². The van der Waals surface area contributed by atoms with E-state index in [1.165, 1.54) is 9.80 Å². The lowest BCUT2D eigenvalue weighted by molar-refractivity contribution is -0.152. The molecule has 0 bridgehead atoms. The third kappa shape index (κ3) is 7.84. The normalized spacial score (nSPS) is 14.8. The molecule has 2 aromatic carbocycles. The van der Waals surface area contributed by atoms with Crippen LogP contribution in [-0.2, 0) is 37.1 Å². The molecule has 186 valence electrons. The lowest BCUT2D eigenvalue weighted by atomic mass is 10.2. The summed E-state index contributed by atoms with van der Waals surface area (Å²) in [5.74, 6) is -1.19. The molecule has 0 radical (unpaired) electrons. The third-order valence-corrected chi connectivity index (χ3v) is 5.71. The second-order valence-corrected chi connectivity index (χ2v) is 8.16. The van der Waals surface area contributed by atoms with E-state index >= 15 is 0 Å². The Labute approximate surface area is 205 Å². The van der Waals surface area contributed by atoms with Crippen LogP contribution in [0.5, 0.6) is 0 Å². The molecule has 1 N–H and O–H groups in total. The lowest BCUT2D eigenvalue weighted by Gasteiger charge is -2.29. The van der Waals surface area contributed by atoms with Crippen molar-refractivity contribution in [2.75, 3.05) is 26.2 Å². The smallest absolute Gasteiger partial charge is 0.407 e. The van der Waals surface area contributed by atoms with E-state index in [4.69, 9.17) is 9.47 Å². The number of hydrogen-bond donors (Lipinski definition) is 1. The van der Waals surface area contributed by atoms with Crippen LogP contribution >= 0.6 is 0 Å². The zero-order chi connectivity index (χ0) is 25.0. The van der Waals surface area contributed by atoms with Gasteiger partial charge in [-0.2, -0.15) is 0 Å². The Morgan fingerprint density at radius 2 is 1.54 bits per heavy atom. The number of alkyl carbamates (subject to hydrolysis) is 1. The van der Waals surface area contributed by atoms with E-state index in [0.29, 0.717) is 25.9 Å². The van der Waals surface area contributed by atoms with Crippen LogP contribution in [0, 0.1) is 0 Å². The molecule has 1 heterocycles. The average molecular weight is 482 g/mol. The van der Waals surface area contributed by atoms with Crippen LogP contribution in [0.2, 0.25) is 0 Å². The van der Waals surface area contributed by atoms with Crippen molar-refractivity contribution in [1.82, 2.24) is 15.1 Å². The molecule has 35 heavy (non-hydrogen) atoms. The topological polar surface area (TPSA) is 105 Å². The summed E-state index contributed by atoms with van der Waals surface area (Å²) in [5, 5.41) is 2.45. The fraction of sp³-hybridized carbons (Fsp3) is 0.385. The van der Waals surface area contributed by atoms with E-state index in [1.807, 2.05) is 60.7 Å². The van der Waals surface area contributed by atoms with Crippen LogP contribution in [-0.4, -0.2) is 65.9 Å². The number of benzene rings is 2. The van der Waals surface area contributed by atoms with E-state index in [9.17, 15) is 19.2 Å². The molecule has 9 nitrogen and oxygen atoms in total. The molecule has 0 aromatic heterocycles. The first-order chi connectivity index (χ1) is 17.0. The summed E-state index contributed by atoms with van der Waals surface area (Å²) >= 11 is 0. The van der Waals surface area contributed by atoms with Crippen molar-refractivity contribution in [2.45, 2.75) is 39.0 Å². The van der Waals surface area contributed by atoms with E-state index in [1.54, 1.807) is 6.92 Å². The van der Waals surface area contributed by atoms with Crippen molar-refractivity contribution >= 4 is 23.9 Å². The molecule has 3 amide bonds. The zero-order valence-corrected chi connectivity index (χ0v) is 19.9. The SMILES string of the molecule is CCN(CC(=O)OCc1ccccc1)C(=O)C1CCCN1C(=O)CNC(=O)OCc1ccccc1. The van der Waals surface area contributed by atoms with Gasteiger partial charge in [-0.1, -0.05) is 60.7 Å². The zero-order valence-electron chi connectivity index (χ0n) is 19.9. The Kier molecular flexibility index (Phi) is 9.65. The van der Waals surface area contributed by atoms with Crippen molar-refractivity contribution in [2.24, 2.45) is 0 Å². The van der Waals surface area contributed by atoms with Gasteiger partial charge >= 0.3 is 12.1 Å². The average Bonchev–Trinajstić information content (AvgIpc) is 3.39. The number of hydrogen-bond acceptors (Lipinski definition) is 6. The monoisotopic (exact) mass is 481 g/mol. The molecule has 1 saturated heterocycles. The summed E-state index contributed by atoms with van der Waals surface area (Å²) in [5.41, 5.74) is 1.69. The molecule has 9 heteroatoms. The number of nitrogens with one attached hydrogen (secondary N) is 1. The number of carbonyl (C=O) groups excluding carboxylic acids is 4. The van der Waals surface area contributed by atoms with E-state index in [0.717, 1.165) is 11.1 Å². The first kappa shape index (κ1) is 25.7. The van der Waals surface area contributed by atoms with Gasteiger partial charge in [0.1, 0.15) is 32.3 Å². The summed E-state index contributed by atoms with van der Waals surface area (Å²) in [4.78, 5) is 52.9. The Balaban J connectivity index is 1.46. The second kappa shape index (κ2) is 13.1. The second-order valence-electron chi connectivity index (χ2n) is 8.16. The number of likely N-dealkylation sites (tertiary alicyclic amines) is 1. The van der Waals surface area contributed by atoms with Gasteiger partial charge in [0.05, 0.1) is 0 Å². The first-order valence-electron chi connectivity index (χ1n) is 11.7. The van der Waals surface area contributed by atoms with Gasteiger partial charge < -0.3 is 24.6 Å². The van der Waals surface area contributed by atoms with Crippen LogP contribution in [0.1, 0.15) is 30.9 Å². The third-order valence-electron chi connectivity index (χ3n) is 5.71. The van der Waals surface area contributed by atoms with Gasteiger partial charge in [-0.15, -0.1) is 0 Å². The van der Waals surface area contributed by atoms with Crippen LogP contribution < -0.4 is 5.32 Å².